The molecule has 7 nitrogen and oxygen atoms in total. The highest BCUT2D eigenvalue weighted by Crippen LogP contribution is 2.40. The number of rotatable bonds is 5. The zero-order valence-corrected chi connectivity index (χ0v) is 14.9. The van der Waals surface area contributed by atoms with E-state index in [1.165, 1.54) is 12.8 Å². The fraction of sp³-hybridized carbons (Fsp3) is 0.765. The van der Waals surface area contributed by atoms with E-state index in [1.807, 2.05) is 18.7 Å². The number of hydrogen-bond donors (Lipinski definition) is 3. The van der Waals surface area contributed by atoms with E-state index in [1.54, 1.807) is 6.20 Å². The molecule has 3 rings (SSSR count). The van der Waals surface area contributed by atoms with Crippen LogP contribution in [0, 0.1) is 12.8 Å². The quantitative estimate of drug-likeness (QED) is 0.765. The van der Waals surface area contributed by atoms with Crippen molar-refractivity contribution >= 4 is 11.8 Å². The van der Waals surface area contributed by atoms with Crippen LogP contribution >= 0.6 is 0 Å². The van der Waals surface area contributed by atoms with E-state index >= 15 is 0 Å². The highest BCUT2D eigenvalue weighted by Gasteiger charge is 2.33. The molecule has 0 bridgehead atoms. The molecule has 1 aliphatic carbocycles. The number of carbonyl (C=O) groups excluding carboxylic acids is 1. The molecule has 7 heteroatoms. The van der Waals surface area contributed by atoms with E-state index in [0.29, 0.717) is 24.8 Å². The normalized spacial score (nSPS) is 22.2. The predicted octanol–water partition coefficient (Wildman–Crippen LogP) is 1.74. The summed E-state index contributed by atoms with van der Waals surface area (Å²) in [6.45, 7) is 6.07. The van der Waals surface area contributed by atoms with Gasteiger partial charge >= 0.3 is 6.03 Å². The zero-order chi connectivity index (χ0) is 17.3. The summed E-state index contributed by atoms with van der Waals surface area (Å²) in [5.74, 6) is 1.41. The summed E-state index contributed by atoms with van der Waals surface area (Å²) in [5.41, 5.74) is 0.149. The summed E-state index contributed by atoms with van der Waals surface area (Å²) < 4.78 is 1.91. The summed E-state index contributed by atoms with van der Waals surface area (Å²) in [7, 11) is 2.05. The monoisotopic (exact) mass is 335 g/mol. The average molecular weight is 335 g/mol. The molecule has 0 spiro atoms. The highest BCUT2D eigenvalue weighted by molar-refractivity contribution is 5.89. The van der Waals surface area contributed by atoms with Gasteiger partial charge in [-0.2, -0.15) is 5.10 Å². The van der Waals surface area contributed by atoms with Gasteiger partial charge in [-0.05, 0) is 52.5 Å². The maximum Gasteiger partial charge on any atom is 0.320 e. The number of urea groups is 1. The van der Waals surface area contributed by atoms with Gasteiger partial charge in [0.15, 0.2) is 0 Å². The molecule has 2 fully saturated rings. The third-order valence-electron chi connectivity index (χ3n) is 5.40. The Bertz CT molecular complexity index is 588. The van der Waals surface area contributed by atoms with Crippen molar-refractivity contribution in [3.63, 3.8) is 0 Å². The number of nitrogens with one attached hydrogen (secondary N) is 2. The van der Waals surface area contributed by atoms with Gasteiger partial charge in [-0.1, -0.05) is 0 Å². The molecule has 1 atom stereocenters. The van der Waals surface area contributed by atoms with Crippen molar-refractivity contribution in [3.8, 4) is 0 Å². The van der Waals surface area contributed by atoms with E-state index in [9.17, 15) is 9.90 Å². The van der Waals surface area contributed by atoms with Crippen molar-refractivity contribution in [2.24, 2.45) is 5.92 Å². The molecular formula is C17H29N5O2. The minimum absolute atomic E-state index is 0.276. The molecule has 1 aliphatic heterocycles. The summed E-state index contributed by atoms with van der Waals surface area (Å²) in [6, 6.07) is 0.0160. The van der Waals surface area contributed by atoms with Gasteiger partial charge in [0.05, 0.1) is 17.8 Å². The number of aliphatic hydroxyl groups is 1. The molecule has 2 heterocycles. The van der Waals surface area contributed by atoms with Gasteiger partial charge in [-0.15, -0.1) is 0 Å². The number of aromatic nitrogens is 2. The lowest BCUT2D eigenvalue weighted by atomic mass is 9.92. The molecule has 1 aromatic rings. The molecule has 3 N–H and O–H groups in total. The standard InChI is InChI=1S/C17H29N5O2/c1-12-10-19-22(13(2)14-4-5-14)15(12)20-16(23)18-11-17(24)6-8-21(3)9-7-17/h10,13-14,24H,4-9,11H2,1-3H3,(H2,18,20,23)/t13-/m1/s1. The molecule has 1 saturated carbocycles. The summed E-state index contributed by atoms with van der Waals surface area (Å²) in [6.07, 6.45) is 5.61. The lowest BCUT2D eigenvalue weighted by molar-refractivity contribution is -0.0120. The maximum absolute atomic E-state index is 12.3. The van der Waals surface area contributed by atoms with E-state index < -0.39 is 5.60 Å². The lowest BCUT2D eigenvalue weighted by Crippen LogP contribution is -2.50. The van der Waals surface area contributed by atoms with Crippen LogP contribution in [-0.2, 0) is 0 Å². The summed E-state index contributed by atoms with van der Waals surface area (Å²) in [4.78, 5) is 14.5. The van der Waals surface area contributed by atoms with Crippen molar-refractivity contribution in [2.45, 2.75) is 51.2 Å². The van der Waals surface area contributed by atoms with Crippen molar-refractivity contribution in [1.29, 1.82) is 0 Å². The molecule has 24 heavy (non-hydrogen) atoms. The fourth-order valence-corrected chi connectivity index (χ4v) is 3.30. The smallest absolute Gasteiger partial charge is 0.320 e. The first-order chi connectivity index (χ1) is 11.4. The van der Waals surface area contributed by atoms with Crippen LogP contribution < -0.4 is 10.6 Å². The van der Waals surface area contributed by atoms with Gasteiger partial charge in [0.2, 0.25) is 0 Å². The average Bonchev–Trinajstić information content (AvgIpc) is 3.34. The van der Waals surface area contributed by atoms with Crippen molar-refractivity contribution in [2.75, 3.05) is 32.0 Å². The van der Waals surface area contributed by atoms with Crippen molar-refractivity contribution < 1.29 is 9.90 Å². The second kappa shape index (κ2) is 6.72. The minimum atomic E-state index is -0.805. The molecule has 0 unspecified atom stereocenters. The fourth-order valence-electron chi connectivity index (χ4n) is 3.30. The number of carbonyl (C=O) groups is 1. The number of likely N-dealkylation sites (tertiary alicyclic amines) is 1. The van der Waals surface area contributed by atoms with Gasteiger partial charge < -0.3 is 15.3 Å². The first-order valence-corrected chi connectivity index (χ1v) is 8.88. The van der Waals surface area contributed by atoms with Crippen LogP contribution in [0.3, 0.4) is 0 Å². The summed E-state index contributed by atoms with van der Waals surface area (Å²) in [5, 5.41) is 20.7. The Kier molecular flexibility index (Phi) is 4.83. The zero-order valence-electron chi connectivity index (χ0n) is 14.9. The highest BCUT2D eigenvalue weighted by atomic mass is 16.3. The van der Waals surface area contributed by atoms with Crippen LogP contribution in [0.5, 0.6) is 0 Å². The van der Waals surface area contributed by atoms with E-state index in [0.717, 1.165) is 24.5 Å². The van der Waals surface area contributed by atoms with Crippen molar-refractivity contribution in [1.82, 2.24) is 20.0 Å². The second-order valence-electron chi connectivity index (χ2n) is 7.53. The lowest BCUT2D eigenvalue weighted by Gasteiger charge is -2.36. The molecule has 1 saturated heterocycles. The minimum Gasteiger partial charge on any atom is -0.388 e. The third kappa shape index (κ3) is 3.89. The summed E-state index contributed by atoms with van der Waals surface area (Å²) >= 11 is 0. The van der Waals surface area contributed by atoms with E-state index in [4.69, 9.17) is 0 Å². The van der Waals surface area contributed by atoms with E-state index in [-0.39, 0.29) is 12.6 Å². The molecular weight excluding hydrogens is 306 g/mol. The predicted molar refractivity (Wildman–Crippen MR) is 93.1 cm³/mol. The Morgan fingerprint density at radius 1 is 1.46 bits per heavy atom. The number of hydrogen-bond acceptors (Lipinski definition) is 4. The van der Waals surface area contributed by atoms with Crippen LogP contribution in [0.4, 0.5) is 10.6 Å². The number of amides is 2. The van der Waals surface area contributed by atoms with Crippen LogP contribution in [0.1, 0.15) is 44.2 Å². The van der Waals surface area contributed by atoms with Crippen molar-refractivity contribution in [3.05, 3.63) is 11.8 Å². The number of nitrogens with zero attached hydrogens (tertiary/aromatic N) is 3. The molecule has 0 aromatic carbocycles. The van der Waals surface area contributed by atoms with Gasteiger partial charge in [-0.3, -0.25) is 5.32 Å². The van der Waals surface area contributed by atoms with Crippen LogP contribution in [0.25, 0.3) is 0 Å². The molecule has 0 radical (unpaired) electrons. The second-order valence-corrected chi connectivity index (χ2v) is 7.53. The third-order valence-corrected chi connectivity index (χ3v) is 5.40. The first kappa shape index (κ1) is 17.2. The maximum atomic E-state index is 12.3. The first-order valence-electron chi connectivity index (χ1n) is 8.88. The van der Waals surface area contributed by atoms with E-state index in [2.05, 4.69) is 27.6 Å². The van der Waals surface area contributed by atoms with Crippen LogP contribution in [0.15, 0.2) is 6.20 Å². The Morgan fingerprint density at radius 3 is 2.75 bits per heavy atom. The SMILES string of the molecule is Cc1cnn([C@H](C)C2CC2)c1NC(=O)NCC1(O)CCN(C)CC1. The Balaban J connectivity index is 1.56. The molecule has 2 aliphatic rings. The Hall–Kier alpha value is -1.60. The molecule has 2 amide bonds. The Morgan fingerprint density at radius 2 is 2.12 bits per heavy atom. The van der Waals surface area contributed by atoms with Gasteiger partial charge in [0.25, 0.3) is 0 Å². The van der Waals surface area contributed by atoms with Crippen LogP contribution in [-0.4, -0.2) is 58.1 Å². The number of piperidine rings is 1. The number of aryl methyl sites for hydroxylation is 1. The largest absolute Gasteiger partial charge is 0.388 e. The van der Waals surface area contributed by atoms with Crippen LogP contribution in [0.2, 0.25) is 0 Å². The molecule has 134 valence electrons. The van der Waals surface area contributed by atoms with Gasteiger partial charge in [-0.25, -0.2) is 9.48 Å². The van der Waals surface area contributed by atoms with Gasteiger partial charge in [0.1, 0.15) is 5.82 Å². The molecule has 1 aromatic heterocycles. The van der Waals surface area contributed by atoms with Gasteiger partial charge in [0, 0.05) is 25.2 Å². The number of anilines is 1. The Labute approximate surface area is 143 Å². The topological polar surface area (TPSA) is 82.4 Å².